The van der Waals surface area contributed by atoms with Crippen LogP contribution in [0.4, 0.5) is 5.69 Å². The number of ketones is 1. The second-order valence-electron chi connectivity index (χ2n) is 9.16. The van der Waals surface area contributed by atoms with E-state index in [-0.39, 0.29) is 23.0 Å². The molecule has 3 aromatic carbocycles. The minimum Gasteiger partial charge on any atom is -0.508 e. The van der Waals surface area contributed by atoms with Gasteiger partial charge in [0.1, 0.15) is 17.3 Å². The topological polar surface area (TPSA) is 87.1 Å². The fraction of sp³-hybridized carbons (Fsp3) is 0.241. The number of benzene rings is 3. The molecule has 4 rings (SSSR count). The van der Waals surface area contributed by atoms with Gasteiger partial charge < -0.3 is 14.9 Å². The molecule has 2 N–H and O–H groups in total. The van der Waals surface area contributed by atoms with Crippen molar-refractivity contribution in [3.63, 3.8) is 0 Å². The Morgan fingerprint density at radius 2 is 1.60 bits per heavy atom. The van der Waals surface area contributed by atoms with Crippen LogP contribution in [-0.2, 0) is 9.59 Å². The van der Waals surface area contributed by atoms with Gasteiger partial charge in [0.05, 0.1) is 18.7 Å². The minimum atomic E-state index is -0.859. The Morgan fingerprint density at radius 1 is 0.971 bits per heavy atom. The monoisotopic (exact) mass is 471 g/mol. The number of nitrogens with zero attached hydrogens (tertiary/aromatic N) is 1. The van der Waals surface area contributed by atoms with Crippen molar-refractivity contribution < 1.29 is 24.5 Å². The first kappa shape index (κ1) is 24.1. The molecule has 1 saturated heterocycles. The molecule has 3 aromatic rings. The van der Waals surface area contributed by atoms with Crippen molar-refractivity contribution in [3.8, 4) is 11.5 Å². The number of phenols is 1. The number of phenolic OH excluding ortho intramolecular Hbond substituents is 1. The van der Waals surface area contributed by atoms with E-state index in [0.29, 0.717) is 22.6 Å². The molecule has 0 aliphatic carbocycles. The lowest BCUT2D eigenvalue weighted by molar-refractivity contribution is -0.132. The fourth-order valence-electron chi connectivity index (χ4n) is 4.50. The number of aliphatic hydroxyl groups is 1. The summed E-state index contributed by atoms with van der Waals surface area (Å²) in [6, 6.07) is 16.4. The van der Waals surface area contributed by atoms with Gasteiger partial charge in [0.15, 0.2) is 0 Å². The van der Waals surface area contributed by atoms with Crippen molar-refractivity contribution in [3.05, 3.63) is 94.1 Å². The van der Waals surface area contributed by atoms with Gasteiger partial charge in [-0.1, -0.05) is 43.7 Å². The standard InChI is InChI=1S/C29H29NO5/c1-16(2)22-15-23(18(4)14-24(22)35-5)27(32)25-26(19-8-12-21(31)13-9-19)30(29(34)28(25)33)20-10-6-17(3)7-11-20/h6-16,26,31-32H,1-5H3/b27-25+. The summed E-state index contributed by atoms with van der Waals surface area (Å²) in [7, 11) is 1.60. The molecule has 0 saturated carbocycles. The number of aliphatic hydroxyl groups excluding tert-OH is 1. The third-order valence-corrected chi connectivity index (χ3v) is 6.42. The maximum Gasteiger partial charge on any atom is 0.300 e. The van der Waals surface area contributed by atoms with Crippen LogP contribution >= 0.6 is 0 Å². The molecule has 1 fully saturated rings. The summed E-state index contributed by atoms with van der Waals surface area (Å²) in [6.45, 7) is 7.80. The summed E-state index contributed by atoms with van der Waals surface area (Å²) < 4.78 is 5.52. The highest BCUT2D eigenvalue weighted by Gasteiger charge is 2.47. The van der Waals surface area contributed by atoms with Gasteiger partial charge in [0.25, 0.3) is 11.7 Å². The highest BCUT2D eigenvalue weighted by Crippen LogP contribution is 2.43. The zero-order valence-corrected chi connectivity index (χ0v) is 20.5. The molecule has 0 spiro atoms. The maximum atomic E-state index is 13.4. The Labute approximate surface area is 205 Å². The van der Waals surface area contributed by atoms with Gasteiger partial charge >= 0.3 is 0 Å². The van der Waals surface area contributed by atoms with E-state index in [9.17, 15) is 19.8 Å². The number of hydrogen-bond donors (Lipinski definition) is 2. The molecule has 1 aliphatic heterocycles. The van der Waals surface area contributed by atoms with Gasteiger partial charge in [0, 0.05) is 11.3 Å². The van der Waals surface area contributed by atoms with E-state index in [1.165, 1.54) is 17.0 Å². The quantitative estimate of drug-likeness (QED) is 0.280. The number of carbonyl (C=O) groups is 2. The predicted octanol–water partition coefficient (Wildman–Crippen LogP) is 5.77. The van der Waals surface area contributed by atoms with Crippen molar-refractivity contribution in [1.29, 1.82) is 0 Å². The molecular formula is C29H29NO5. The van der Waals surface area contributed by atoms with Crippen molar-refractivity contribution in [1.82, 2.24) is 0 Å². The third-order valence-electron chi connectivity index (χ3n) is 6.42. The molecule has 1 unspecified atom stereocenters. The van der Waals surface area contributed by atoms with Gasteiger partial charge in [-0.15, -0.1) is 0 Å². The normalized spacial score (nSPS) is 17.3. The molecule has 6 heteroatoms. The average molecular weight is 472 g/mol. The first-order chi connectivity index (χ1) is 16.6. The lowest BCUT2D eigenvalue weighted by Gasteiger charge is -2.26. The van der Waals surface area contributed by atoms with E-state index in [1.54, 1.807) is 31.4 Å². The summed E-state index contributed by atoms with van der Waals surface area (Å²) in [6.07, 6.45) is 0. The number of Topliss-reactive ketones (excluding diaryl/α,β-unsaturated/α-hetero) is 1. The van der Waals surface area contributed by atoms with E-state index in [0.717, 1.165) is 16.7 Å². The molecule has 1 heterocycles. The van der Waals surface area contributed by atoms with E-state index >= 15 is 0 Å². The number of aromatic hydroxyl groups is 1. The Kier molecular flexibility index (Phi) is 6.39. The summed E-state index contributed by atoms with van der Waals surface area (Å²) in [5.74, 6) is -0.845. The Bertz CT molecular complexity index is 1320. The van der Waals surface area contributed by atoms with Crippen LogP contribution in [0.15, 0.2) is 66.2 Å². The number of rotatable bonds is 5. The number of anilines is 1. The Balaban J connectivity index is 1.98. The summed E-state index contributed by atoms with van der Waals surface area (Å²) in [5.41, 5.74) is 4.23. The highest BCUT2D eigenvalue weighted by atomic mass is 16.5. The van der Waals surface area contributed by atoms with E-state index < -0.39 is 17.7 Å². The van der Waals surface area contributed by atoms with Crippen LogP contribution in [0.5, 0.6) is 11.5 Å². The molecule has 6 nitrogen and oxygen atoms in total. The lowest BCUT2D eigenvalue weighted by Crippen LogP contribution is -2.29. The lowest BCUT2D eigenvalue weighted by atomic mass is 9.91. The van der Waals surface area contributed by atoms with Crippen LogP contribution in [0.3, 0.4) is 0 Å². The molecule has 35 heavy (non-hydrogen) atoms. The average Bonchev–Trinajstić information content (AvgIpc) is 3.09. The second-order valence-corrected chi connectivity index (χ2v) is 9.16. The number of methoxy groups -OCH3 is 1. The third kappa shape index (κ3) is 4.28. The van der Waals surface area contributed by atoms with Gasteiger partial charge in [-0.05, 0) is 72.9 Å². The molecule has 0 radical (unpaired) electrons. The smallest absolute Gasteiger partial charge is 0.300 e. The Morgan fingerprint density at radius 3 is 2.17 bits per heavy atom. The van der Waals surface area contributed by atoms with Gasteiger partial charge in [-0.25, -0.2) is 0 Å². The maximum absolute atomic E-state index is 13.4. The van der Waals surface area contributed by atoms with Crippen molar-refractivity contribution >= 4 is 23.1 Å². The second kappa shape index (κ2) is 9.29. The van der Waals surface area contributed by atoms with Crippen molar-refractivity contribution in [2.24, 2.45) is 0 Å². The molecule has 0 aromatic heterocycles. The SMILES string of the molecule is COc1cc(C)c(/C(O)=C2\C(=O)C(=O)N(c3ccc(C)cc3)C2c2ccc(O)cc2)cc1C(C)C. The number of amides is 1. The van der Waals surface area contributed by atoms with Crippen LogP contribution in [-0.4, -0.2) is 29.0 Å². The molecular weight excluding hydrogens is 442 g/mol. The van der Waals surface area contributed by atoms with E-state index in [1.807, 2.05) is 52.0 Å². The molecule has 180 valence electrons. The first-order valence-electron chi connectivity index (χ1n) is 11.5. The van der Waals surface area contributed by atoms with Crippen LogP contribution in [0.1, 0.15) is 53.6 Å². The zero-order valence-electron chi connectivity index (χ0n) is 20.5. The fourth-order valence-corrected chi connectivity index (χ4v) is 4.50. The number of ether oxygens (including phenoxy) is 1. The first-order valence-corrected chi connectivity index (χ1v) is 11.5. The predicted molar refractivity (Wildman–Crippen MR) is 136 cm³/mol. The van der Waals surface area contributed by atoms with Crippen LogP contribution in [0.2, 0.25) is 0 Å². The summed E-state index contributed by atoms with van der Waals surface area (Å²) in [4.78, 5) is 28.1. The van der Waals surface area contributed by atoms with Gasteiger partial charge in [0.2, 0.25) is 0 Å². The zero-order chi connectivity index (χ0) is 25.4. The van der Waals surface area contributed by atoms with Crippen LogP contribution in [0.25, 0.3) is 5.76 Å². The number of hydrogen-bond acceptors (Lipinski definition) is 5. The largest absolute Gasteiger partial charge is 0.508 e. The Hall–Kier alpha value is -4.06. The van der Waals surface area contributed by atoms with E-state index in [2.05, 4.69) is 0 Å². The van der Waals surface area contributed by atoms with E-state index in [4.69, 9.17) is 4.74 Å². The molecule has 1 aliphatic rings. The van der Waals surface area contributed by atoms with Crippen molar-refractivity contribution in [2.45, 2.75) is 39.7 Å². The van der Waals surface area contributed by atoms with Crippen LogP contribution in [0, 0.1) is 13.8 Å². The molecule has 1 atom stereocenters. The molecule has 0 bridgehead atoms. The number of aryl methyl sites for hydroxylation is 2. The minimum absolute atomic E-state index is 0.00392. The summed E-state index contributed by atoms with van der Waals surface area (Å²) in [5, 5.41) is 21.4. The molecule has 1 amide bonds. The highest BCUT2D eigenvalue weighted by molar-refractivity contribution is 6.51. The van der Waals surface area contributed by atoms with Crippen LogP contribution < -0.4 is 9.64 Å². The van der Waals surface area contributed by atoms with Gasteiger partial charge in [-0.2, -0.15) is 0 Å². The van der Waals surface area contributed by atoms with Crippen molar-refractivity contribution in [2.75, 3.05) is 12.0 Å². The number of carbonyl (C=O) groups excluding carboxylic acids is 2. The van der Waals surface area contributed by atoms with Gasteiger partial charge in [-0.3, -0.25) is 14.5 Å². The summed E-state index contributed by atoms with van der Waals surface area (Å²) >= 11 is 0.